The topological polar surface area (TPSA) is 119 Å². The molecule has 1 unspecified atom stereocenters. The van der Waals surface area contributed by atoms with Gasteiger partial charge in [-0.15, -0.1) is 0 Å². The van der Waals surface area contributed by atoms with Crippen LogP contribution in [0.1, 0.15) is 33.6 Å². The molecule has 0 aliphatic carbocycles. The van der Waals surface area contributed by atoms with Crippen LogP contribution in [-0.4, -0.2) is 58.6 Å². The van der Waals surface area contributed by atoms with Crippen molar-refractivity contribution in [2.45, 2.75) is 18.9 Å². The zero-order chi connectivity index (χ0) is 17.4. The average molecular weight is 332 g/mol. The summed E-state index contributed by atoms with van der Waals surface area (Å²) in [6.07, 6.45) is 0.204. The van der Waals surface area contributed by atoms with Gasteiger partial charge in [0.25, 0.3) is 11.8 Å². The monoisotopic (exact) mass is 332 g/mol. The summed E-state index contributed by atoms with van der Waals surface area (Å²) < 4.78 is 0. The van der Waals surface area contributed by atoms with Gasteiger partial charge < -0.3 is 10.5 Å². The Kier molecular flexibility index (Phi) is 4.04. The van der Waals surface area contributed by atoms with E-state index in [0.29, 0.717) is 5.69 Å². The van der Waals surface area contributed by atoms with Crippen molar-refractivity contribution in [1.82, 2.24) is 15.3 Å². The van der Waals surface area contributed by atoms with Crippen LogP contribution in [0.2, 0.25) is 0 Å². The molecule has 0 radical (unpaired) electrons. The number of benzene rings is 1. The Labute approximate surface area is 137 Å². The van der Waals surface area contributed by atoms with E-state index in [0.717, 1.165) is 9.96 Å². The summed E-state index contributed by atoms with van der Waals surface area (Å²) in [5.41, 5.74) is 0.962. The maximum Gasteiger partial charge on any atom is 0.262 e. The minimum absolute atomic E-state index is 0.0828. The van der Waals surface area contributed by atoms with Gasteiger partial charge in [-0.1, -0.05) is 0 Å². The number of carbonyl (C=O) groups is 4. The van der Waals surface area contributed by atoms with Gasteiger partial charge in [-0.3, -0.25) is 29.4 Å². The fraction of sp³-hybridized carbons (Fsp3) is 0.333. The summed E-state index contributed by atoms with van der Waals surface area (Å²) in [6, 6.07) is 3.64. The van der Waals surface area contributed by atoms with Crippen molar-refractivity contribution < 1.29 is 24.4 Å². The van der Waals surface area contributed by atoms with Crippen LogP contribution < -0.4 is 10.6 Å². The highest BCUT2D eigenvalue weighted by molar-refractivity contribution is 6.23. The lowest BCUT2D eigenvalue weighted by Gasteiger charge is -2.27. The van der Waals surface area contributed by atoms with E-state index in [2.05, 4.69) is 10.6 Å². The summed E-state index contributed by atoms with van der Waals surface area (Å²) in [5, 5.41) is 15.1. The molecule has 1 atom stereocenters. The van der Waals surface area contributed by atoms with Crippen LogP contribution >= 0.6 is 0 Å². The predicted molar refractivity (Wildman–Crippen MR) is 81.2 cm³/mol. The van der Waals surface area contributed by atoms with Gasteiger partial charge in [-0.2, -0.15) is 5.06 Å². The Hall–Kier alpha value is -2.78. The Morgan fingerprint density at radius 1 is 1.25 bits per heavy atom. The fourth-order valence-corrected chi connectivity index (χ4v) is 2.79. The van der Waals surface area contributed by atoms with Crippen LogP contribution in [0, 0.1) is 0 Å². The quantitative estimate of drug-likeness (QED) is 0.396. The van der Waals surface area contributed by atoms with E-state index in [1.54, 1.807) is 6.07 Å². The minimum Gasteiger partial charge on any atom is -0.370 e. The smallest absolute Gasteiger partial charge is 0.262 e. The van der Waals surface area contributed by atoms with E-state index in [1.807, 2.05) is 0 Å². The number of anilines is 1. The molecule has 0 aromatic heterocycles. The van der Waals surface area contributed by atoms with Crippen LogP contribution in [0.25, 0.3) is 0 Å². The molecule has 1 aromatic carbocycles. The summed E-state index contributed by atoms with van der Waals surface area (Å²) in [4.78, 5) is 49.2. The Bertz CT molecular complexity index is 745. The summed E-state index contributed by atoms with van der Waals surface area (Å²) in [6.45, 7) is 0.137. The normalized spacial score (nSPS) is 20.5. The lowest BCUT2D eigenvalue weighted by molar-refractivity contribution is -0.136. The number of imide groups is 2. The molecule has 0 spiro atoms. The van der Waals surface area contributed by atoms with E-state index < -0.39 is 29.7 Å². The third kappa shape index (κ3) is 2.74. The summed E-state index contributed by atoms with van der Waals surface area (Å²) >= 11 is 0. The van der Waals surface area contributed by atoms with Gasteiger partial charge in [-0.05, 0) is 24.6 Å². The van der Waals surface area contributed by atoms with Crippen LogP contribution in [0.5, 0.6) is 0 Å². The van der Waals surface area contributed by atoms with Gasteiger partial charge in [0.2, 0.25) is 11.8 Å². The first-order chi connectivity index (χ1) is 11.4. The standard InChI is InChI=1S/C15H16N4O5/c1-18(24)7-16-8-2-3-9-10(6-8)15(23)19(14(9)22)11-4-5-12(20)17-13(11)21/h2-3,6,11,16,24H,4-5,7H2,1H3,(H,17,20,21). The maximum absolute atomic E-state index is 12.6. The Balaban J connectivity index is 1.85. The minimum atomic E-state index is -0.977. The third-order valence-corrected chi connectivity index (χ3v) is 3.95. The number of hydrogen-bond donors (Lipinski definition) is 3. The molecule has 1 aromatic rings. The average Bonchev–Trinajstić information content (AvgIpc) is 2.77. The number of fused-ring (bicyclic) bond motifs is 1. The van der Waals surface area contributed by atoms with Crippen LogP contribution in [0.3, 0.4) is 0 Å². The first-order valence-electron chi connectivity index (χ1n) is 7.38. The molecule has 3 N–H and O–H groups in total. The first-order valence-corrected chi connectivity index (χ1v) is 7.38. The molecule has 1 fully saturated rings. The largest absolute Gasteiger partial charge is 0.370 e. The predicted octanol–water partition coefficient (Wildman–Crippen LogP) is -0.222. The van der Waals surface area contributed by atoms with E-state index in [1.165, 1.54) is 19.2 Å². The molecule has 2 aliphatic heterocycles. The number of hydrogen-bond acceptors (Lipinski definition) is 7. The summed E-state index contributed by atoms with van der Waals surface area (Å²) in [5.74, 6) is -2.16. The molecule has 126 valence electrons. The Morgan fingerprint density at radius 2 is 1.96 bits per heavy atom. The molecule has 9 heteroatoms. The number of rotatable bonds is 4. The third-order valence-electron chi connectivity index (χ3n) is 3.95. The second kappa shape index (κ2) is 6.02. The second-order valence-corrected chi connectivity index (χ2v) is 5.70. The lowest BCUT2D eigenvalue weighted by Crippen LogP contribution is -2.54. The van der Waals surface area contributed by atoms with Gasteiger partial charge in [0, 0.05) is 19.2 Å². The van der Waals surface area contributed by atoms with Gasteiger partial charge in [-0.25, -0.2) is 0 Å². The number of amides is 4. The van der Waals surface area contributed by atoms with Crippen molar-refractivity contribution in [3.8, 4) is 0 Å². The van der Waals surface area contributed by atoms with E-state index in [9.17, 15) is 19.2 Å². The highest BCUT2D eigenvalue weighted by atomic mass is 16.5. The fourth-order valence-electron chi connectivity index (χ4n) is 2.79. The van der Waals surface area contributed by atoms with Gasteiger partial charge in [0.1, 0.15) is 6.04 Å². The lowest BCUT2D eigenvalue weighted by atomic mass is 10.0. The van der Waals surface area contributed by atoms with Gasteiger partial charge in [0.05, 0.1) is 17.8 Å². The van der Waals surface area contributed by atoms with E-state index in [-0.39, 0.29) is 30.6 Å². The SMILES string of the molecule is CN(O)CNc1ccc2c(c1)C(=O)N(C1CCC(=O)NC1=O)C2=O. The molecule has 0 bridgehead atoms. The first kappa shape index (κ1) is 16.1. The Morgan fingerprint density at radius 3 is 2.62 bits per heavy atom. The molecular weight excluding hydrogens is 316 g/mol. The molecule has 2 aliphatic rings. The number of nitrogens with zero attached hydrogens (tertiary/aromatic N) is 2. The van der Waals surface area contributed by atoms with Crippen molar-refractivity contribution in [2.75, 3.05) is 19.0 Å². The van der Waals surface area contributed by atoms with E-state index in [4.69, 9.17) is 5.21 Å². The number of hydroxylamine groups is 2. The van der Waals surface area contributed by atoms with Crippen LogP contribution in [0.15, 0.2) is 18.2 Å². The molecule has 9 nitrogen and oxygen atoms in total. The zero-order valence-electron chi connectivity index (χ0n) is 12.9. The zero-order valence-corrected chi connectivity index (χ0v) is 12.9. The molecule has 4 amide bonds. The highest BCUT2D eigenvalue weighted by Crippen LogP contribution is 2.29. The van der Waals surface area contributed by atoms with Crippen LogP contribution in [-0.2, 0) is 9.59 Å². The molecule has 1 saturated heterocycles. The summed E-state index contributed by atoms with van der Waals surface area (Å²) in [7, 11) is 1.46. The van der Waals surface area contributed by atoms with Gasteiger partial charge in [0.15, 0.2) is 0 Å². The number of carbonyl (C=O) groups excluding carboxylic acids is 4. The molecular formula is C15H16N4O5. The highest BCUT2D eigenvalue weighted by Gasteiger charge is 2.44. The molecule has 3 rings (SSSR count). The van der Waals surface area contributed by atoms with Gasteiger partial charge >= 0.3 is 0 Å². The van der Waals surface area contributed by atoms with Crippen molar-refractivity contribution in [1.29, 1.82) is 0 Å². The maximum atomic E-state index is 12.6. The van der Waals surface area contributed by atoms with Crippen LogP contribution in [0.4, 0.5) is 5.69 Å². The number of piperidine rings is 1. The van der Waals surface area contributed by atoms with E-state index >= 15 is 0 Å². The molecule has 2 heterocycles. The number of nitrogens with one attached hydrogen (secondary N) is 2. The second-order valence-electron chi connectivity index (χ2n) is 5.70. The molecule has 0 saturated carbocycles. The van der Waals surface area contributed by atoms with Crippen molar-refractivity contribution in [3.63, 3.8) is 0 Å². The van der Waals surface area contributed by atoms with Crippen molar-refractivity contribution in [2.24, 2.45) is 0 Å². The molecule has 24 heavy (non-hydrogen) atoms. The van der Waals surface area contributed by atoms with Crippen molar-refractivity contribution in [3.05, 3.63) is 29.3 Å². The van der Waals surface area contributed by atoms with Crippen molar-refractivity contribution >= 4 is 29.3 Å².